The van der Waals surface area contributed by atoms with Gasteiger partial charge in [0.05, 0.1) is 12.0 Å². The van der Waals surface area contributed by atoms with Gasteiger partial charge in [-0.2, -0.15) is 4.98 Å². The van der Waals surface area contributed by atoms with Crippen LogP contribution in [0.3, 0.4) is 0 Å². The number of ether oxygens (including phenoxy) is 2. The van der Waals surface area contributed by atoms with E-state index in [1.54, 1.807) is 66.7 Å². The molecule has 0 atom stereocenters. The highest BCUT2D eigenvalue weighted by molar-refractivity contribution is 8.26. The van der Waals surface area contributed by atoms with Gasteiger partial charge in [0, 0.05) is 12.7 Å². The molecule has 1 aliphatic heterocycles. The summed E-state index contributed by atoms with van der Waals surface area (Å²) in [6, 6.07) is 12.3. The third-order valence-corrected chi connectivity index (χ3v) is 7.27. The van der Waals surface area contributed by atoms with Crippen molar-refractivity contribution in [3.05, 3.63) is 69.5 Å². The smallest absolute Gasteiger partial charge is 0.269 e. The van der Waals surface area contributed by atoms with Crippen LogP contribution in [0.1, 0.15) is 51.0 Å². The second-order valence-electron chi connectivity index (χ2n) is 8.44. The van der Waals surface area contributed by atoms with Gasteiger partial charge in [-0.05, 0) is 48.9 Å². The van der Waals surface area contributed by atoms with Gasteiger partial charge in [-0.25, -0.2) is 0 Å². The molecule has 4 rings (SSSR count). The zero-order valence-corrected chi connectivity index (χ0v) is 22.1. The lowest BCUT2D eigenvalue weighted by molar-refractivity contribution is -0.122. The lowest BCUT2D eigenvalue weighted by Gasteiger charge is -2.14. The van der Waals surface area contributed by atoms with E-state index in [-0.39, 0.29) is 22.9 Å². The van der Waals surface area contributed by atoms with E-state index in [2.05, 4.69) is 11.9 Å². The second-order valence-corrected chi connectivity index (χ2v) is 10.1. The molecule has 0 unspecified atom stereocenters. The molecule has 7 nitrogen and oxygen atoms in total. The number of aromatic nitrogens is 2. The number of benzene rings is 1. The first-order valence-electron chi connectivity index (χ1n) is 12.1. The Hall–Kier alpha value is -3.17. The fraction of sp³-hybridized carbons (Fsp3) is 0.333. The van der Waals surface area contributed by atoms with Crippen LogP contribution in [-0.2, 0) is 4.79 Å². The number of hydrogen-bond acceptors (Lipinski definition) is 7. The summed E-state index contributed by atoms with van der Waals surface area (Å²) in [5, 5.41) is 0. The van der Waals surface area contributed by atoms with E-state index in [1.807, 2.05) is 0 Å². The van der Waals surface area contributed by atoms with Crippen LogP contribution < -0.4 is 15.0 Å². The van der Waals surface area contributed by atoms with Crippen molar-refractivity contribution in [1.82, 2.24) is 14.3 Å². The van der Waals surface area contributed by atoms with Crippen LogP contribution in [0.25, 0.3) is 11.7 Å². The molecule has 36 heavy (non-hydrogen) atoms. The maximum Gasteiger partial charge on any atom is 0.269 e. The number of amides is 1. The largest absolute Gasteiger partial charge is 0.497 e. The number of pyridine rings is 1. The van der Waals surface area contributed by atoms with Crippen LogP contribution >= 0.6 is 24.0 Å². The Morgan fingerprint density at radius 1 is 1.00 bits per heavy atom. The third kappa shape index (κ3) is 5.96. The van der Waals surface area contributed by atoms with Gasteiger partial charge in [-0.15, -0.1) is 0 Å². The number of fused-ring (bicyclic) bond motifs is 1. The van der Waals surface area contributed by atoms with Crippen molar-refractivity contribution in [1.29, 1.82) is 0 Å². The van der Waals surface area contributed by atoms with E-state index in [0.717, 1.165) is 19.3 Å². The maximum absolute atomic E-state index is 13.4. The highest BCUT2D eigenvalue weighted by Crippen LogP contribution is 2.34. The Bertz CT molecular complexity index is 1340. The van der Waals surface area contributed by atoms with Gasteiger partial charge in [-0.3, -0.25) is 18.9 Å². The Morgan fingerprint density at radius 2 is 1.72 bits per heavy atom. The molecule has 188 valence electrons. The quantitative estimate of drug-likeness (QED) is 0.172. The maximum atomic E-state index is 13.4. The average molecular weight is 524 g/mol. The van der Waals surface area contributed by atoms with E-state index >= 15 is 0 Å². The number of thioether (sulfide) groups is 1. The van der Waals surface area contributed by atoms with Crippen molar-refractivity contribution in [2.24, 2.45) is 0 Å². The zero-order valence-electron chi connectivity index (χ0n) is 20.4. The third-order valence-electron chi connectivity index (χ3n) is 5.89. The molecule has 0 saturated carbocycles. The number of carbonyl (C=O) groups excluding carboxylic acids is 1. The van der Waals surface area contributed by atoms with Gasteiger partial charge in [0.1, 0.15) is 27.0 Å². The summed E-state index contributed by atoms with van der Waals surface area (Å²) in [5.74, 6) is 1.11. The molecule has 0 spiro atoms. The molecule has 0 aliphatic carbocycles. The summed E-state index contributed by atoms with van der Waals surface area (Å²) < 4.78 is 13.2. The fourth-order valence-corrected chi connectivity index (χ4v) is 5.20. The number of unbranched alkanes of at least 4 members (excludes halogenated alkanes) is 5. The van der Waals surface area contributed by atoms with Crippen LogP contribution in [0.2, 0.25) is 0 Å². The molecule has 3 aromatic rings. The number of rotatable bonds is 11. The van der Waals surface area contributed by atoms with Crippen molar-refractivity contribution >= 4 is 45.9 Å². The van der Waals surface area contributed by atoms with Crippen molar-refractivity contribution in [2.45, 2.75) is 45.4 Å². The van der Waals surface area contributed by atoms with Crippen LogP contribution in [0.4, 0.5) is 0 Å². The minimum Gasteiger partial charge on any atom is -0.497 e. The Kier molecular flexibility index (Phi) is 8.77. The minimum absolute atomic E-state index is 0.123. The number of carbonyl (C=O) groups is 1. The molecule has 0 radical (unpaired) electrons. The number of hydrogen-bond donors (Lipinski definition) is 0. The van der Waals surface area contributed by atoms with Gasteiger partial charge in [0.15, 0.2) is 0 Å². The van der Waals surface area contributed by atoms with E-state index in [0.29, 0.717) is 32.9 Å². The number of thiocarbonyl (C=S) groups is 1. The number of nitrogens with zero attached hydrogens (tertiary/aromatic N) is 3. The molecule has 3 heterocycles. The zero-order chi connectivity index (χ0) is 25.5. The molecule has 1 fully saturated rings. The van der Waals surface area contributed by atoms with Gasteiger partial charge in [0.2, 0.25) is 5.88 Å². The van der Waals surface area contributed by atoms with E-state index in [1.165, 1.54) is 35.4 Å². The first kappa shape index (κ1) is 25.9. The highest BCUT2D eigenvalue weighted by Gasteiger charge is 2.32. The highest BCUT2D eigenvalue weighted by atomic mass is 32.2. The first-order valence-corrected chi connectivity index (χ1v) is 13.3. The van der Waals surface area contributed by atoms with Crippen LogP contribution in [0, 0.1) is 0 Å². The van der Waals surface area contributed by atoms with Gasteiger partial charge >= 0.3 is 0 Å². The fourth-order valence-electron chi connectivity index (χ4n) is 3.91. The Morgan fingerprint density at radius 3 is 2.47 bits per heavy atom. The minimum atomic E-state index is -0.328. The van der Waals surface area contributed by atoms with E-state index in [4.69, 9.17) is 21.7 Å². The summed E-state index contributed by atoms with van der Waals surface area (Å²) >= 11 is 6.69. The topological polar surface area (TPSA) is 73.1 Å². The predicted molar refractivity (Wildman–Crippen MR) is 148 cm³/mol. The van der Waals surface area contributed by atoms with Crippen molar-refractivity contribution in [3.63, 3.8) is 0 Å². The summed E-state index contributed by atoms with van der Waals surface area (Å²) in [7, 11) is 1.59. The van der Waals surface area contributed by atoms with Crippen LogP contribution in [0.5, 0.6) is 17.4 Å². The Balaban J connectivity index is 1.61. The second kappa shape index (κ2) is 12.2. The molecule has 1 amide bonds. The lowest BCUT2D eigenvalue weighted by atomic mass is 10.1. The summed E-state index contributed by atoms with van der Waals surface area (Å²) in [5.41, 5.74) is 0.304. The molecule has 1 saturated heterocycles. The van der Waals surface area contributed by atoms with Crippen LogP contribution in [0.15, 0.2) is 58.4 Å². The summed E-state index contributed by atoms with van der Waals surface area (Å²) in [4.78, 5) is 33.2. The summed E-state index contributed by atoms with van der Waals surface area (Å²) in [6.45, 7) is 2.77. The molecule has 9 heteroatoms. The van der Waals surface area contributed by atoms with Crippen molar-refractivity contribution in [3.8, 4) is 17.4 Å². The molecular formula is C27H29N3O4S2. The molecular weight excluding hydrogens is 494 g/mol. The molecule has 0 bridgehead atoms. The molecule has 0 N–H and O–H groups in total. The Labute approximate surface area is 220 Å². The average Bonchev–Trinajstić information content (AvgIpc) is 3.16. The van der Waals surface area contributed by atoms with E-state index in [9.17, 15) is 9.59 Å². The van der Waals surface area contributed by atoms with Crippen LogP contribution in [-0.4, -0.2) is 38.2 Å². The lowest BCUT2D eigenvalue weighted by Crippen LogP contribution is -2.29. The SMILES string of the molecule is CCCCCCCCN1C(=O)/C(=C/c2c(Oc3ccc(OC)cc3)nc3ccccn3c2=O)SC1=S. The van der Waals surface area contributed by atoms with E-state index < -0.39 is 0 Å². The predicted octanol–water partition coefficient (Wildman–Crippen LogP) is 6.06. The van der Waals surface area contributed by atoms with Crippen molar-refractivity contribution in [2.75, 3.05) is 13.7 Å². The number of methoxy groups -OCH3 is 1. The van der Waals surface area contributed by atoms with Crippen molar-refractivity contribution < 1.29 is 14.3 Å². The standard InChI is InChI=1S/C27H29N3O4S2/c1-3-4-5-6-7-9-17-30-26(32)22(36-27(30)35)18-21-24(34-20-14-12-19(33-2)13-15-20)28-23-11-8-10-16-29(23)25(21)31/h8,10-16,18H,3-7,9,17H2,1-2H3/b22-18-. The van der Waals surface area contributed by atoms with Gasteiger partial charge in [0.25, 0.3) is 11.5 Å². The monoisotopic (exact) mass is 523 g/mol. The molecule has 2 aromatic heterocycles. The van der Waals surface area contributed by atoms with Gasteiger partial charge < -0.3 is 9.47 Å². The first-order chi connectivity index (χ1) is 17.5. The summed E-state index contributed by atoms with van der Waals surface area (Å²) in [6.07, 6.45) is 9.96. The van der Waals surface area contributed by atoms with Gasteiger partial charge in [-0.1, -0.05) is 69.1 Å². The molecule has 1 aromatic carbocycles. The molecule has 1 aliphatic rings. The normalized spacial score (nSPS) is 14.7.